The van der Waals surface area contributed by atoms with Crippen molar-refractivity contribution < 1.29 is 28.5 Å². The fourth-order valence-electron chi connectivity index (χ4n) is 6.90. The van der Waals surface area contributed by atoms with E-state index in [-0.39, 0.29) is 49.1 Å². The maximum absolute atomic E-state index is 14.1. The van der Waals surface area contributed by atoms with E-state index in [1.807, 2.05) is 46.2 Å². The molecule has 8 heteroatoms. The minimum absolute atomic E-state index is 0.0995. The Balaban J connectivity index is 1.22. The normalized spacial score (nSPS) is 26.6. The van der Waals surface area contributed by atoms with E-state index in [9.17, 15) is 9.59 Å². The molecule has 214 valence electrons. The van der Waals surface area contributed by atoms with Gasteiger partial charge in [-0.3, -0.25) is 9.59 Å². The maximum Gasteiger partial charge on any atom is 0.231 e. The minimum Gasteiger partial charge on any atom is -0.454 e. The molecular formula is C33H36N2O6. The van der Waals surface area contributed by atoms with Crippen LogP contribution < -0.4 is 18.9 Å². The van der Waals surface area contributed by atoms with E-state index in [1.54, 1.807) is 0 Å². The first-order valence-electron chi connectivity index (χ1n) is 14.9. The summed E-state index contributed by atoms with van der Waals surface area (Å²) in [5.41, 5.74) is 1.96. The molecular weight excluding hydrogens is 520 g/mol. The Hall–Kier alpha value is -3.94. The van der Waals surface area contributed by atoms with Crippen LogP contribution in [0.4, 0.5) is 0 Å². The molecule has 2 amide bonds. The monoisotopic (exact) mass is 556 g/mol. The minimum atomic E-state index is -0.377. The van der Waals surface area contributed by atoms with Crippen LogP contribution in [0, 0.1) is 23.7 Å². The second-order valence-corrected chi connectivity index (χ2v) is 11.6. The lowest BCUT2D eigenvalue weighted by Crippen LogP contribution is -2.59. The average molecular weight is 557 g/mol. The summed E-state index contributed by atoms with van der Waals surface area (Å²) in [7, 11) is 0. The van der Waals surface area contributed by atoms with Crippen molar-refractivity contribution in [3.05, 3.63) is 59.7 Å². The molecule has 0 bridgehead atoms. The number of ether oxygens (including phenoxy) is 4. The fourth-order valence-corrected chi connectivity index (χ4v) is 6.90. The standard InChI is InChI=1S/C33H36N2O6/c36-32(34-14-2-1-3-15-34)30-24(10-6-22-8-12-26-28(18-22)40-20-38-26)25(31(30)33(37)35-16-4-5-17-35)11-7-23-9-13-27-29(19-23)41-21-39-27/h6-13,18-19,24-25,30-31H,1-5,14-17,20-21H2/b10-6+,11-7+/t24-,25-,30-,31-/m1/s1. The summed E-state index contributed by atoms with van der Waals surface area (Å²) >= 11 is 0. The van der Waals surface area contributed by atoms with Gasteiger partial charge < -0.3 is 28.7 Å². The molecule has 8 nitrogen and oxygen atoms in total. The van der Waals surface area contributed by atoms with Gasteiger partial charge in [-0.25, -0.2) is 0 Å². The van der Waals surface area contributed by atoms with E-state index in [2.05, 4.69) is 24.3 Å². The Labute approximate surface area is 240 Å². The highest BCUT2D eigenvalue weighted by atomic mass is 16.7. The van der Waals surface area contributed by atoms with Crippen molar-refractivity contribution in [2.75, 3.05) is 39.8 Å². The Bertz CT molecular complexity index is 1370. The van der Waals surface area contributed by atoms with E-state index >= 15 is 0 Å². The number of carbonyl (C=O) groups is 2. The fraction of sp³-hybridized carbons (Fsp3) is 0.455. The van der Waals surface area contributed by atoms with Crippen molar-refractivity contribution in [1.82, 2.24) is 9.80 Å². The number of amides is 2. The van der Waals surface area contributed by atoms with Gasteiger partial charge in [0.05, 0.1) is 11.8 Å². The Morgan fingerprint density at radius 3 is 1.46 bits per heavy atom. The molecule has 4 aliphatic heterocycles. The predicted octanol–water partition coefficient (Wildman–Crippen LogP) is 4.98. The summed E-state index contributed by atoms with van der Waals surface area (Å²) < 4.78 is 22.1. The second-order valence-electron chi connectivity index (χ2n) is 11.6. The molecule has 2 saturated heterocycles. The highest BCUT2D eigenvalue weighted by Crippen LogP contribution is 2.51. The van der Waals surface area contributed by atoms with Crippen LogP contribution in [-0.2, 0) is 9.59 Å². The number of hydrogen-bond donors (Lipinski definition) is 0. The van der Waals surface area contributed by atoms with Crippen LogP contribution in [0.15, 0.2) is 48.6 Å². The summed E-state index contributed by atoms with van der Waals surface area (Å²) in [6.45, 7) is 3.55. The van der Waals surface area contributed by atoms with Gasteiger partial charge in [0, 0.05) is 26.2 Å². The SMILES string of the molecule is O=C([C@@H]1[C@H](/C=C/c2ccc3c(c2)OCO3)[C@@H](/C=C/c2ccc3c(c2)OCO3)[C@H]1C(=O)N1CCCC1)N1CCCCC1. The van der Waals surface area contributed by atoms with Gasteiger partial charge in [-0.15, -0.1) is 0 Å². The number of allylic oxidation sites excluding steroid dienone is 2. The van der Waals surface area contributed by atoms with Crippen molar-refractivity contribution in [3.63, 3.8) is 0 Å². The predicted molar refractivity (Wildman–Crippen MR) is 153 cm³/mol. The van der Waals surface area contributed by atoms with E-state index < -0.39 is 0 Å². The zero-order valence-corrected chi connectivity index (χ0v) is 23.2. The number of fused-ring (bicyclic) bond motifs is 2. The third kappa shape index (κ3) is 5.04. The molecule has 41 heavy (non-hydrogen) atoms. The smallest absolute Gasteiger partial charge is 0.231 e. The third-order valence-electron chi connectivity index (χ3n) is 9.13. The lowest BCUT2D eigenvalue weighted by molar-refractivity contribution is -0.160. The van der Waals surface area contributed by atoms with Gasteiger partial charge in [-0.05, 0) is 79.3 Å². The summed E-state index contributed by atoms with van der Waals surface area (Å²) in [5.74, 6) is 2.22. The number of carbonyl (C=O) groups excluding carboxylic acids is 2. The molecule has 0 radical (unpaired) electrons. The molecule has 2 aromatic rings. The van der Waals surface area contributed by atoms with Crippen LogP contribution >= 0.6 is 0 Å². The molecule has 0 spiro atoms. The van der Waals surface area contributed by atoms with E-state index in [4.69, 9.17) is 18.9 Å². The van der Waals surface area contributed by atoms with Gasteiger partial charge in [0.15, 0.2) is 23.0 Å². The summed E-state index contributed by atoms with van der Waals surface area (Å²) in [6.07, 6.45) is 13.6. The maximum atomic E-state index is 14.1. The Morgan fingerprint density at radius 1 is 0.585 bits per heavy atom. The van der Waals surface area contributed by atoms with Crippen LogP contribution in [0.2, 0.25) is 0 Å². The van der Waals surface area contributed by atoms with Gasteiger partial charge in [0.2, 0.25) is 25.4 Å². The first-order valence-corrected chi connectivity index (χ1v) is 14.9. The van der Waals surface area contributed by atoms with E-state index in [1.165, 1.54) is 0 Å². The first-order chi connectivity index (χ1) is 20.2. The molecule has 4 atom stereocenters. The number of hydrogen-bond acceptors (Lipinski definition) is 6. The first kappa shape index (κ1) is 26.0. The molecule has 0 N–H and O–H groups in total. The summed E-state index contributed by atoms with van der Waals surface area (Å²) in [5, 5.41) is 0. The average Bonchev–Trinajstić information content (AvgIpc) is 3.78. The van der Waals surface area contributed by atoms with Crippen molar-refractivity contribution in [3.8, 4) is 23.0 Å². The van der Waals surface area contributed by atoms with E-state index in [0.717, 1.165) is 92.4 Å². The number of nitrogens with zero attached hydrogens (tertiary/aromatic N) is 2. The number of benzene rings is 2. The van der Waals surface area contributed by atoms with Crippen molar-refractivity contribution >= 4 is 24.0 Å². The number of rotatable bonds is 6. The molecule has 0 unspecified atom stereocenters. The van der Waals surface area contributed by atoms with Crippen molar-refractivity contribution in [2.24, 2.45) is 23.7 Å². The van der Waals surface area contributed by atoms with Crippen LogP contribution in [0.25, 0.3) is 12.2 Å². The number of piperidine rings is 1. The van der Waals surface area contributed by atoms with Crippen molar-refractivity contribution in [2.45, 2.75) is 32.1 Å². The van der Waals surface area contributed by atoms with Gasteiger partial charge >= 0.3 is 0 Å². The van der Waals surface area contributed by atoms with Gasteiger partial charge in [-0.2, -0.15) is 0 Å². The molecule has 5 aliphatic rings. The molecule has 4 heterocycles. The summed E-state index contributed by atoms with van der Waals surface area (Å²) in [6, 6.07) is 11.7. The van der Waals surface area contributed by atoms with Gasteiger partial charge in [-0.1, -0.05) is 36.4 Å². The molecule has 7 rings (SSSR count). The largest absolute Gasteiger partial charge is 0.454 e. The molecule has 1 aliphatic carbocycles. The highest BCUT2D eigenvalue weighted by Gasteiger charge is 2.57. The van der Waals surface area contributed by atoms with Crippen LogP contribution in [-0.4, -0.2) is 61.4 Å². The molecule has 1 saturated carbocycles. The third-order valence-corrected chi connectivity index (χ3v) is 9.13. The topological polar surface area (TPSA) is 77.5 Å². The molecule has 3 fully saturated rings. The summed E-state index contributed by atoms with van der Waals surface area (Å²) in [4.78, 5) is 32.0. The quantitative estimate of drug-likeness (QED) is 0.499. The zero-order chi connectivity index (χ0) is 27.8. The highest BCUT2D eigenvalue weighted by molar-refractivity contribution is 5.91. The van der Waals surface area contributed by atoms with Crippen molar-refractivity contribution in [1.29, 1.82) is 0 Å². The Morgan fingerprint density at radius 2 is 1.00 bits per heavy atom. The van der Waals surface area contributed by atoms with Crippen LogP contribution in [0.5, 0.6) is 23.0 Å². The second kappa shape index (κ2) is 11.1. The van der Waals surface area contributed by atoms with Gasteiger partial charge in [0.25, 0.3) is 0 Å². The lowest BCUT2D eigenvalue weighted by atomic mass is 9.55. The van der Waals surface area contributed by atoms with E-state index in [0.29, 0.717) is 0 Å². The van der Waals surface area contributed by atoms with Crippen LogP contribution in [0.1, 0.15) is 43.2 Å². The van der Waals surface area contributed by atoms with Crippen LogP contribution in [0.3, 0.4) is 0 Å². The molecule has 0 aromatic heterocycles. The van der Waals surface area contributed by atoms with Gasteiger partial charge in [0.1, 0.15) is 0 Å². The lowest BCUT2D eigenvalue weighted by Gasteiger charge is -2.50. The molecule has 2 aromatic carbocycles. The Kier molecular flexibility index (Phi) is 7.07. The number of likely N-dealkylation sites (tertiary alicyclic amines) is 2. The zero-order valence-electron chi connectivity index (χ0n) is 23.2.